The van der Waals surface area contributed by atoms with Gasteiger partial charge < -0.3 is 10.1 Å². The molecule has 0 spiro atoms. The highest BCUT2D eigenvalue weighted by Crippen LogP contribution is 2.38. The summed E-state index contributed by atoms with van der Waals surface area (Å²) in [4.78, 5) is 8.57. The topological polar surface area (TPSA) is 47.0 Å². The maximum absolute atomic E-state index is 11.8. The second-order valence-electron chi connectivity index (χ2n) is 4.30. The molecule has 1 aliphatic carbocycles. The Bertz CT molecular complexity index is 438. The Morgan fingerprint density at radius 3 is 2.74 bits per heavy atom. The van der Waals surface area contributed by atoms with E-state index in [-0.39, 0.29) is 13.2 Å². The number of rotatable bonds is 6. The average molecular weight is 340 g/mol. The number of nitrogens with one attached hydrogen (secondary N) is 1. The first-order valence-electron chi connectivity index (χ1n) is 5.87. The molecule has 1 fully saturated rings. The fourth-order valence-electron chi connectivity index (χ4n) is 1.49. The molecule has 1 saturated carbocycles. The van der Waals surface area contributed by atoms with Crippen LogP contribution in [0.3, 0.4) is 0 Å². The summed E-state index contributed by atoms with van der Waals surface area (Å²) in [6, 6.07) is 1.69. The van der Waals surface area contributed by atoms with Crippen LogP contribution < -0.4 is 5.32 Å². The second kappa shape index (κ2) is 6.04. The molecule has 8 heteroatoms. The first kappa shape index (κ1) is 14.5. The largest absolute Gasteiger partial charge is 0.411 e. The van der Waals surface area contributed by atoms with Crippen molar-refractivity contribution in [2.24, 2.45) is 0 Å². The van der Waals surface area contributed by atoms with Crippen LogP contribution in [0.2, 0.25) is 0 Å². The molecule has 1 aromatic rings. The number of halogens is 4. The van der Waals surface area contributed by atoms with Crippen LogP contribution in [0.4, 0.5) is 19.0 Å². The highest BCUT2D eigenvalue weighted by atomic mass is 79.9. The van der Waals surface area contributed by atoms with Gasteiger partial charge >= 0.3 is 6.18 Å². The molecule has 0 amide bonds. The van der Waals surface area contributed by atoms with Crippen LogP contribution in [0.5, 0.6) is 0 Å². The summed E-state index contributed by atoms with van der Waals surface area (Å²) in [7, 11) is 0. The van der Waals surface area contributed by atoms with Crippen LogP contribution in [0, 0.1) is 0 Å². The van der Waals surface area contributed by atoms with Crippen LogP contribution in [0.1, 0.15) is 24.6 Å². The summed E-state index contributed by atoms with van der Waals surface area (Å²) in [5.41, 5.74) is 0. The quantitative estimate of drug-likeness (QED) is 0.639. The van der Waals surface area contributed by atoms with Crippen LogP contribution >= 0.6 is 15.9 Å². The molecule has 0 unspecified atom stereocenters. The van der Waals surface area contributed by atoms with Gasteiger partial charge in [-0.1, -0.05) is 0 Å². The maximum Gasteiger partial charge on any atom is 0.411 e. The second-order valence-corrected chi connectivity index (χ2v) is 5.12. The minimum Gasteiger partial charge on any atom is -0.370 e. The summed E-state index contributed by atoms with van der Waals surface area (Å²) in [6.45, 7) is -0.987. The van der Waals surface area contributed by atoms with E-state index in [0.717, 1.165) is 18.7 Å². The van der Waals surface area contributed by atoms with Crippen molar-refractivity contribution in [1.29, 1.82) is 0 Å². The van der Waals surface area contributed by atoms with E-state index < -0.39 is 12.8 Å². The van der Waals surface area contributed by atoms with E-state index in [0.29, 0.717) is 16.3 Å². The Morgan fingerprint density at radius 2 is 2.11 bits per heavy atom. The maximum atomic E-state index is 11.8. The van der Waals surface area contributed by atoms with Crippen LogP contribution in [0.15, 0.2) is 10.7 Å². The molecule has 0 atom stereocenters. The molecular formula is C11H13BrF3N3O. The molecule has 1 heterocycles. The first-order chi connectivity index (χ1) is 8.94. The lowest BCUT2D eigenvalue weighted by atomic mass is 10.4. The van der Waals surface area contributed by atoms with Gasteiger partial charge in [-0.3, -0.25) is 0 Å². The molecule has 0 radical (unpaired) electrons. The van der Waals surface area contributed by atoms with E-state index in [2.05, 4.69) is 36.0 Å². The third-order valence-electron chi connectivity index (χ3n) is 2.47. The predicted molar refractivity (Wildman–Crippen MR) is 67.1 cm³/mol. The molecule has 4 nitrogen and oxygen atoms in total. The first-order valence-corrected chi connectivity index (χ1v) is 6.66. The van der Waals surface area contributed by atoms with Gasteiger partial charge in [0, 0.05) is 18.5 Å². The third kappa shape index (κ3) is 5.32. The number of aromatic nitrogens is 2. The highest BCUT2D eigenvalue weighted by molar-refractivity contribution is 9.10. The van der Waals surface area contributed by atoms with Gasteiger partial charge in [0.1, 0.15) is 22.9 Å². The van der Waals surface area contributed by atoms with Crippen molar-refractivity contribution in [3.63, 3.8) is 0 Å². The highest BCUT2D eigenvalue weighted by Gasteiger charge is 2.28. The third-order valence-corrected chi connectivity index (χ3v) is 2.88. The van der Waals surface area contributed by atoms with E-state index in [9.17, 15) is 13.2 Å². The Labute approximate surface area is 116 Å². The zero-order chi connectivity index (χ0) is 13.9. The molecule has 106 valence electrons. The van der Waals surface area contributed by atoms with Gasteiger partial charge in [-0.2, -0.15) is 13.2 Å². The number of ether oxygens (including phenoxy) is 1. The summed E-state index contributed by atoms with van der Waals surface area (Å²) < 4.78 is 40.7. The fraction of sp³-hybridized carbons (Fsp3) is 0.636. The Balaban J connectivity index is 1.76. The molecule has 0 aliphatic heterocycles. The number of nitrogens with zero attached hydrogens (tertiary/aromatic N) is 2. The normalized spacial score (nSPS) is 15.6. The number of alkyl halides is 3. The number of hydrogen-bond donors (Lipinski definition) is 1. The molecule has 0 bridgehead atoms. The molecule has 2 rings (SSSR count). The van der Waals surface area contributed by atoms with Crippen LogP contribution in [-0.4, -0.2) is 35.9 Å². The van der Waals surface area contributed by atoms with E-state index >= 15 is 0 Å². The molecule has 1 aliphatic rings. The van der Waals surface area contributed by atoms with E-state index in [1.54, 1.807) is 6.07 Å². The molecule has 1 aromatic heterocycles. The van der Waals surface area contributed by atoms with Crippen molar-refractivity contribution in [2.75, 3.05) is 25.1 Å². The number of anilines is 1. The molecule has 1 N–H and O–H groups in total. The minimum atomic E-state index is -4.28. The van der Waals surface area contributed by atoms with Crippen molar-refractivity contribution in [1.82, 2.24) is 9.97 Å². The Morgan fingerprint density at radius 1 is 1.37 bits per heavy atom. The molecule has 19 heavy (non-hydrogen) atoms. The van der Waals surface area contributed by atoms with Crippen molar-refractivity contribution < 1.29 is 17.9 Å². The lowest BCUT2D eigenvalue weighted by Crippen LogP contribution is -2.20. The molecular weight excluding hydrogens is 327 g/mol. The van der Waals surface area contributed by atoms with Gasteiger partial charge in [-0.15, -0.1) is 0 Å². The molecule has 0 saturated heterocycles. The monoisotopic (exact) mass is 339 g/mol. The molecule has 0 aromatic carbocycles. The smallest absolute Gasteiger partial charge is 0.370 e. The van der Waals surface area contributed by atoms with Gasteiger partial charge in [-0.05, 0) is 28.8 Å². The van der Waals surface area contributed by atoms with Crippen LogP contribution in [0.25, 0.3) is 0 Å². The summed E-state index contributed by atoms with van der Waals surface area (Å²) >= 11 is 3.29. The Kier molecular flexibility index (Phi) is 4.62. The summed E-state index contributed by atoms with van der Waals surface area (Å²) in [5.74, 6) is 1.78. The standard InChI is InChI=1S/C11H13BrF3N3O/c12-8-5-9(18-10(17-8)7-1-2-7)16-3-4-19-6-11(13,14)15/h5,7H,1-4,6H2,(H,16,17,18). The predicted octanol–water partition coefficient (Wildman–Crippen LogP) is 3.11. The number of hydrogen-bond acceptors (Lipinski definition) is 4. The van der Waals surface area contributed by atoms with Crippen molar-refractivity contribution >= 4 is 21.7 Å². The zero-order valence-corrected chi connectivity index (χ0v) is 11.6. The van der Waals surface area contributed by atoms with Crippen LogP contribution in [-0.2, 0) is 4.74 Å². The summed E-state index contributed by atoms with van der Waals surface area (Å²) in [6.07, 6.45) is -2.10. The van der Waals surface area contributed by atoms with Crippen molar-refractivity contribution in [2.45, 2.75) is 24.9 Å². The lowest BCUT2D eigenvalue weighted by Gasteiger charge is -2.09. The van der Waals surface area contributed by atoms with Gasteiger partial charge in [0.25, 0.3) is 0 Å². The fourth-order valence-corrected chi connectivity index (χ4v) is 1.89. The van der Waals surface area contributed by atoms with Crippen molar-refractivity contribution in [3.05, 3.63) is 16.5 Å². The average Bonchev–Trinajstić information content (AvgIpc) is 3.10. The Hall–Kier alpha value is -0.890. The lowest BCUT2D eigenvalue weighted by molar-refractivity contribution is -0.172. The van der Waals surface area contributed by atoms with Gasteiger partial charge in [0.15, 0.2) is 0 Å². The SMILES string of the molecule is FC(F)(F)COCCNc1cc(Br)nc(C2CC2)n1. The van der Waals surface area contributed by atoms with Gasteiger partial charge in [0.2, 0.25) is 0 Å². The summed E-state index contributed by atoms with van der Waals surface area (Å²) in [5, 5.41) is 2.92. The van der Waals surface area contributed by atoms with Gasteiger partial charge in [-0.25, -0.2) is 9.97 Å². The van der Waals surface area contributed by atoms with Gasteiger partial charge in [0.05, 0.1) is 6.61 Å². The zero-order valence-electron chi connectivity index (χ0n) is 10.0. The van der Waals surface area contributed by atoms with E-state index in [4.69, 9.17) is 0 Å². The van der Waals surface area contributed by atoms with E-state index in [1.807, 2.05) is 0 Å². The van der Waals surface area contributed by atoms with E-state index in [1.165, 1.54) is 0 Å². The van der Waals surface area contributed by atoms with Crippen molar-refractivity contribution in [3.8, 4) is 0 Å². The minimum absolute atomic E-state index is 0.0279.